The number of anilines is 1. The zero-order chi connectivity index (χ0) is 12.6. The molecule has 0 aliphatic carbocycles. The Kier molecular flexibility index (Phi) is 2.65. The number of nitro groups is 1. The van der Waals surface area contributed by atoms with Crippen LogP contribution in [-0.4, -0.2) is 27.0 Å². The molecule has 0 saturated heterocycles. The summed E-state index contributed by atoms with van der Waals surface area (Å²) in [7, 11) is 0. The summed E-state index contributed by atoms with van der Waals surface area (Å²) >= 11 is 1.10. The summed E-state index contributed by atoms with van der Waals surface area (Å²) in [5.41, 5.74) is 0. The van der Waals surface area contributed by atoms with Crippen molar-refractivity contribution in [2.75, 3.05) is 11.9 Å². The molecule has 0 bridgehead atoms. The van der Waals surface area contributed by atoms with Crippen LogP contribution in [0.1, 0.15) is 0 Å². The van der Waals surface area contributed by atoms with Crippen LogP contribution in [0.15, 0.2) is 11.6 Å². The molecule has 10 heteroatoms. The molecule has 92 valence electrons. The van der Waals surface area contributed by atoms with Gasteiger partial charge in [0.1, 0.15) is 12.7 Å². The fourth-order valence-corrected chi connectivity index (χ4v) is 1.96. The lowest BCUT2D eigenvalue weighted by Gasteiger charge is -2.06. The second-order valence-electron chi connectivity index (χ2n) is 3.07. The van der Waals surface area contributed by atoms with Gasteiger partial charge in [-0.2, -0.15) is 22.6 Å². The maximum Gasteiger partial charge on any atom is 0.405 e. The molecule has 0 aromatic carbocycles. The molecular formula is C7H5F3N4O2S. The van der Waals surface area contributed by atoms with Gasteiger partial charge in [0, 0.05) is 5.38 Å². The molecule has 17 heavy (non-hydrogen) atoms. The third-order valence-electron chi connectivity index (χ3n) is 1.87. The molecule has 1 N–H and O–H groups in total. The van der Waals surface area contributed by atoms with Crippen molar-refractivity contribution in [1.82, 2.24) is 9.38 Å². The molecule has 0 aliphatic rings. The lowest BCUT2D eigenvalue weighted by atomic mass is 10.5. The number of rotatable bonds is 3. The first-order chi connectivity index (χ1) is 7.88. The molecule has 6 nitrogen and oxygen atoms in total. The van der Waals surface area contributed by atoms with Crippen molar-refractivity contribution in [2.24, 2.45) is 0 Å². The van der Waals surface area contributed by atoms with Gasteiger partial charge in [-0.1, -0.05) is 11.3 Å². The molecule has 0 spiro atoms. The number of fused-ring (bicyclic) bond motifs is 1. The topological polar surface area (TPSA) is 72.5 Å². The van der Waals surface area contributed by atoms with Gasteiger partial charge in [0.2, 0.25) is 5.82 Å². The van der Waals surface area contributed by atoms with Gasteiger partial charge < -0.3 is 15.4 Å². The predicted octanol–water partition coefficient (Wildman–Crippen LogP) is 2.28. The van der Waals surface area contributed by atoms with E-state index in [4.69, 9.17) is 0 Å². The molecule has 2 aromatic rings. The second kappa shape index (κ2) is 3.87. The van der Waals surface area contributed by atoms with Crippen LogP contribution < -0.4 is 5.32 Å². The summed E-state index contributed by atoms with van der Waals surface area (Å²) in [6, 6.07) is 0. The van der Waals surface area contributed by atoms with Crippen LogP contribution >= 0.6 is 11.3 Å². The molecule has 0 atom stereocenters. The summed E-state index contributed by atoms with van der Waals surface area (Å²) in [6.45, 7) is -1.36. The third-order valence-corrected chi connectivity index (χ3v) is 2.62. The van der Waals surface area contributed by atoms with Crippen molar-refractivity contribution in [3.63, 3.8) is 0 Å². The zero-order valence-electron chi connectivity index (χ0n) is 8.06. The lowest BCUT2D eigenvalue weighted by molar-refractivity contribution is -0.389. The molecule has 2 heterocycles. The van der Waals surface area contributed by atoms with Gasteiger partial charge in [-0.3, -0.25) is 0 Å². The number of hydrogen-bond donors (Lipinski definition) is 1. The average molecular weight is 266 g/mol. The largest absolute Gasteiger partial charge is 0.405 e. The normalized spacial score (nSPS) is 11.9. The smallest absolute Gasteiger partial charge is 0.358 e. The molecule has 0 amide bonds. The van der Waals surface area contributed by atoms with E-state index in [1.807, 2.05) is 5.32 Å². The Morgan fingerprint density at radius 3 is 2.88 bits per heavy atom. The van der Waals surface area contributed by atoms with E-state index in [9.17, 15) is 23.3 Å². The van der Waals surface area contributed by atoms with Crippen molar-refractivity contribution in [2.45, 2.75) is 6.18 Å². The molecule has 0 aliphatic heterocycles. The van der Waals surface area contributed by atoms with Crippen molar-refractivity contribution in [3.05, 3.63) is 21.7 Å². The number of nitrogens with zero attached hydrogens (tertiary/aromatic N) is 3. The van der Waals surface area contributed by atoms with E-state index in [1.165, 1.54) is 6.20 Å². The standard InChI is InChI=1S/C7H5F3N4O2S/c8-7(9,10)3-11-4-5(14(15)16)13-1-2-17-6(13)12-4/h1-2,11H,3H2. The first-order valence-corrected chi connectivity index (χ1v) is 5.17. The second-order valence-corrected chi connectivity index (χ2v) is 3.94. The van der Waals surface area contributed by atoms with Gasteiger partial charge in [0.05, 0.1) is 0 Å². The Balaban J connectivity index is 2.36. The predicted molar refractivity (Wildman–Crippen MR) is 54.3 cm³/mol. The molecule has 0 unspecified atom stereocenters. The highest BCUT2D eigenvalue weighted by atomic mass is 32.1. The molecular weight excluding hydrogens is 261 g/mol. The minimum atomic E-state index is -4.45. The van der Waals surface area contributed by atoms with Gasteiger partial charge in [0.25, 0.3) is 4.96 Å². The number of halogens is 3. The first-order valence-electron chi connectivity index (χ1n) is 4.29. The SMILES string of the molecule is O=[N+]([O-])c1c(NCC(F)(F)F)nc2sccn12. The van der Waals surface area contributed by atoms with Gasteiger partial charge >= 0.3 is 12.0 Å². The van der Waals surface area contributed by atoms with E-state index in [1.54, 1.807) is 5.38 Å². The Bertz CT molecular complexity index is 561. The number of nitrogens with one attached hydrogen (secondary N) is 1. The summed E-state index contributed by atoms with van der Waals surface area (Å²) in [6.07, 6.45) is -3.07. The van der Waals surface area contributed by atoms with Crippen LogP contribution in [0.4, 0.5) is 24.8 Å². The van der Waals surface area contributed by atoms with E-state index in [0.717, 1.165) is 15.7 Å². The molecule has 0 radical (unpaired) electrons. The Hall–Kier alpha value is -1.84. The third kappa shape index (κ3) is 2.30. The van der Waals surface area contributed by atoms with Crippen molar-refractivity contribution >= 4 is 27.9 Å². The van der Waals surface area contributed by atoms with Crippen LogP contribution in [0.2, 0.25) is 0 Å². The van der Waals surface area contributed by atoms with Gasteiger partial charge in [-0.05, 0) is 4.92 Å². The number of hydrogen-bond acceptors (Lipinski definition) is 5. The van der Waals surface area contributed by atoms with Gasteiger partial charge in [0.15, 0.2) is 0 Å². The van der Waals surface area contributed by atoms with Crippen LogP contribution in [-0.2, 0) is 0 Å². The van der Waals surface area contributed by atoms with E-state index >= 15 is 0 Å². The maximum absolute atomic E-state index is 12.0. The fraction of sp³-hybridized carbons (Fsp3) is 0.286. The van der Waals surface area contributed by atoms with Crippen molar-refractivity contribution < 1.29 is 18.1 Å². The van der Waals surface area contributed by atoms with Crippen LogP contribution in [0.5, 0.6) is 0 Å². The van der Waals surface area contributed by atoms with Crippen LogP contribution in [0, 0.1) is 10.1 Å². The maximum atomic E-state index is 12.0. The lowest BCUT2D eigenvalue weighted by Crippen LogP contribution is -2.21. The summed E-state index contributed by atoms with van der Waals surface area (Å²) < 4.78 is 37.1. The quantitative estimate of drug-likeness (QED) is 0.683. The summed E-state index contributed by atoms with van der Waals surface area (Å²) in [4.78, 5) is 14.0. The minimum absolute atomic E-state index is 0.265. The Morgan fingerprint density at radius 2 is 2.29 bits per heavy atom. The van der Waals surface area contributed by atoms with Gasteiger partial charge in [-0.15, -0.1) is 0 Å². The highest BCUT2D eigenvalue weighted by molar-refractivity contribution is 7.15. The van der Waals surface area contributed by atoms with E-state index in [0.29, 0.717) is 0 Å². The molecule has 2 aromatic heterocycles. The van der Waals surface area contributed by atoms with Gasteiger partial charge in [-0.25, -0.2) is 0 Å². The Labute approximate surface area is 95.8 Å². The van der Waals surface area contributed by atoms with E-state index in [2.05, 4.69) is 4.98 Å². The Morgan fingerprint density at radius 1 is 1.59 bits per heavy atom. The fourth-order valence-electron chi connectivity index (χ4n) is 1.25. The number of imidazole rings is 1. The van der Waals surface area contributed by atoms with Crippen molar-refractivity contribution in [1.29, 1.82) is 0 Å². The first kappa shape index (κ1) is 11.6. The number of thiazole rings is 1. The molecule has 2 rings (SSSR count). The van der Waals surface area contributed by atoms with Crippen LogP contribution in [0.25, 0.3) is 4.96 Å². The minimum Gasteiger partial charge on any atom is -0.358 e. The van der Waals surface area contributed by atoms with Crippen LogP contribution in [0.3, 0.4) is 0 Å². The monoisotopic (exact) mass is 266 g/mol. The summed E-state index contributed by atoms with van der Waals surface area (Å²) in [5.74, 6) is -0.871. The van der Waals surface area contributed by atoms with E-state index < -0.39 is 23.5 Å². The molecule has 0 saturated carbocycles. The highest BCUT2D eigenvalue weighted by Crippen LogP contribution is 2.28. The van der Waals surface area contributed by atoms with E-state index in [-0.39, 0.29) is 10.8 Å². The van der Waals surface area contributed by atoms with Crippen molar-refractivity contribution in [3.8, 4) is 0 Å². The molecule has 0 fully saturated rings. The highest BCUT2D eigenvalue weighted by Gasteiger charge is 2.30. The summed E-state index contributed by atoms with van der Waals surface area (Å²) in [5, 5.41) is 14.2. The number of alkyl halides is 3. The average Bonchev–Trinajstić information content (AvgIpc) is 2.70. The number of aromatic nitrogens is 2. The zero-order valence-corrected chi connectivity index (χ0v) is 8.88.